The van der Waals surface area contributed by atoms with E-state index in [1.165, 1.54) is 6.07 Å². The Bertz CT molecular complexity index is 639. The number of carbonyl (C=O) groups excluding carboxylic acids is 1. The molecule has 20 heavy (non-hydrogen) atoms. The van der Waals surface area contributed by atoms with Crippen LogP contribution in [0, 0.1) is 6.92 Å². The van der Waals surface area contributed by atoms with Crippen LogP contribution >= 0.6 is 11.5 Å². The second-order valence-corrected chi connectivity index (χ2v) is 4.95. The molecule has 104 valence electrons. The average Bonchev–Trinajstić information content (AvgIpc) is 2.85. The molecule has 0 aliphatic heterocycles. The average molecular weight is 291 g/mol. The number of carboxylic acids is 1. The first kappa shape index (κ1) is 14.1. The Hall–Kier alpha value is -2.28. The number of amides is 1. The summed E-state index contributed by atoms with van der Waals surface area (Å²) in [7, 11) is 0. The van der Waals surface area contributed by atoms with Crippen LogP contribution in [0.2, 0.25) is 0 Å². The quantitative estimate of drug-likeness (QED) is 0.871. The fraction of sp³-hybridized carbons (Fsp3) is 0.231. The SMILES string of the molecule is Cc1nnsc1C(=O)NCCc1cccc(C(=O)O)c1. The first-order valence-electron chi connectivity index (χ1n) is 5.97. The van der Waals surface area contributed by atoms with Gasteiger partial charge < -0.3 is 10.4 Å². The lowest BCUT2D eigenvalue weighted by atomic mass is 10.1. The van der Waals surface area contributed by atoms with Crippen LogP contribution in [0.4, 0.5) is 0 Å². The van der Waals surface area contributed by atoms with Gasteiger partial charge in [-0.05, 0) is 42.6 Å². The number of aromatic carboxylic acids is 1. The summed E-state index contributed by atoms with van der Waals surface area (Å²) < 4.78 is 3.71. The van der Waals surface area contributed by atoms with E-state index < -0.39 is 5.97 Å². The van der Waals surface area contributed by atoms with Crippen molar-refractivity contribution in [3.05, 3.63) is 46.0 Å². The fourth-order valence-electron chi connectivity index (χ4n) is 1.70. The van der Waals surface area contributed by atoms with Crippen molar-refractivity contribution in [2.24, 2.45) is 0 Å². The molecule has 0 atom stereocenters. The zero-order valence-corrected chi connectivity index (χ0v) is 11.6. The van der Waals surface area contributed by atoms with Gasteiger partial charge in [0.1, 0.15) is 4.88 Å². The number of carbonyl (C=O) groups is 2. The van der Waals surface area contributed by atoms with E-state index in [9.17, 15) is 9.59 Å². The van der Waals surface area contributed by atoms with Gasteiger partial charge in [0, 0.05) is 6.54 Å². The third kappa shape index (κ3) is 3.39. The Morgan fingerprint density at radius 3 is 2.85 bits per heavy atom. The van der Waals surface area contributed by atoms with Gasteiger partial charge in [-0.15, -0.1) is 5.10 Å². The summed E-state index contributed by atoms with van der Waals surface area (Å²) in [5.74, 6) is -1.16. The van der Waals surface area contributed by atoms with Gasteiger partial charge in [0.25, 0.3) is 5.91 Å². The number of nitrogens with zero attached hydrogens (tertiary/aromatic N) is 2. The number of aryl methyl sites for hydroxylation is 1. The summed E-state index contributed by atoms with van der Waals surface area (Å²) in [5.41, 5.74) is 1.72. The van der Waals surface area contributed by atoms with Gasteiger partial charge in [-0.1, -0.05) is 16.6 Å². The van der Waals surface area contributed by atoms with Crippen LogP contribution in [0.15, 0.2) is 24.3 Å². The fourth-order valence-corrected chi connectivity index (χ4v) is 2.27. The third-order valence-electron chi connectivity index (χ3n) is 2.73. The summed E-state index contributed by atoms with van der Waals surface area (Å²) in [5, 5.41) is 15.4. The van der Waals surface area contributed by atoms with Crippen LogP contribution in [0.25, 0.3) is 0 Å². The van der Waals surface area contributed by atoms with Crippen molar-refractivity contribution in [3.63, 3.8) is 0 Å². The Balaban J connectivity index is 1.90. The van der Waals surface area contributed by atoms with E-state index >= 15 is 0 Å². The van der Waals surface area contributed by atoms with Crippen LogP contribution in [0.5, 0.6) is 0 Å². The Kier molecular flexibility index (Phi) is 4.41. The van der Waals surface area contributed by atoms with Gasteiger partial charge in [-0.2, -0.15) is 0 Å². The minimum Gasteiger partial charge on any atom is -0.478 e. The van der Waals surface area contributed by atoms with E-state index in [4.69, 9.17) is 5.11 Å². The molecular weight excluding hydrogens is 278 g/mol. The van der Waals surface area contributed by atoms with Crippen molar-refractivity contribution in [1.29, 1.82) is 0 Å². The van der Waals surface area contributed by atoms with E-state index in [-0.39, 0.29) is 11.5 Å². The smallest absolute Gasteiger partial charge is 0.335 e. The van der Waals surface area contributed by atoms with Gasteiger partial charge >= 0.3 is 5.97 Å². The normalized spacial score (nSPS) is 10.2. The lowest BCUT2D eigenvalue weighted by Crippen LogP contribution is -2.25. The minimum atomic E-state index is -0.956. The summed E-state index contributed by atoms with van der Waals surface area (Å²) in [6, 6.07) is 6.67. The Morgan fingerprint density at radius 1 is 1.40 bits per heavy atom. The molecule has 1 aromatic carbocycles. The number of nitrogens with one attached hydrogen (secondary N) is 1. The number of carboxylic acid groups (broad SMARTS) is 1. The van der Waals surface area contributed by atoms with Gasteiger partial charge in [-0.3, -0.25) is 4.79 Å². The Morgan fingerprint density at radius 2 is 2.20 bits per heavy atom. The summed E-state index contributed by atoms with van der Waals surface area (Å²) in [6.45, 7) is 2.16. The van der Waals surface area contributed by atoms with E-state index in [2.05, 4.69) is 14.9 Å². The number of aromatic nitrogens is 2. The van der Waals surface area contributed by atoms with E-state index in [0.717, 1.165) is 17.1 Å². The molecule has 2 rings (SSSR count). The molecule has 2 N–H and O–H groups in total. The van der Waals surface area contributed by atoms with Gasteiger partial charge in [-0.25, -0.2) is 4.79 Å². The standard InChI is InChI=1S/C13H13N3O3S/c1-8-11(20-16-15-8)12(17)14-6-5-9-3-2-4-10(7-9)13(18)19/h2-4,7H,5-6H2,1H3,(H,14,17)(H,18,19). The maximum absolute atomic E-state index is 11.8. The third-order valence-corrected chi connectivity index (χ3v) is 3.56. The molecule has 0 saturated heterocycles. The van der Waals surface area contributed by atoms with Crippen molar-refractivity contribution >= 4 is 23.4 Å². The van der Waals surface area contributed by atoms with Crippen LogP contribution in [-0.4, -0.2) is 33.1 Å². The molecule has 0 bridgehead atoms. The summed E-state index contributed by atoms with van der Waals surface area (Å²) in [4.78, 5) is 23.2. The van der Waals surface area contributed by atoms with Gasteiger partial charge in [0.05, 0.1) is 11.3 Å². The highest BCUT2D eigenvalue weighted by atomic mass is 32.1. The predicted octanol–water partition coefficient (Wildman–Crippen LogP) is 1.52. The van der Waals surface area contributed by atoms with Crippen LogP contribution in [0.1, 0.15) is 31.3 Å². The molecule has 1 aromatic heterocycles. The molecule has 0 spiro atoms. The number of benzene rings is 1. The van der Waals surface area contributed by atoms with Crippen LogP contribution in [-0.2, 0) is 6.42 Å². The van der Waals surface area contributed by atoms with Crippen molar-refractivity contribution in [3.8, 4) is 0 Å². The van der Waals surface area contributed by atoms with Crippen molar-refractivity contribution in [2.75, 3.05) is 6.54 Å². The van der Waals surface area contributed by atoms with Gasteiger partial charge in [0.15, 0.2) is 0 Å². The van der Waals surface area contributed by atoms with Crippen molar-refractivity contribution in [1.82, 2.24) is 14.9 Å². The summed E-state index contributed by atoms with van der Waals surface area (Å²) in [6.07, 6.45) is 0.568. The summed E-state index contributed by atoms with van der Waals surface area (Å²) >= 11 is 1.06. The second kappa shape index (κ2) is 6.25. The van der Waals surface area contributed by atoms with Crippen molar-refractivity contribution < 1.29 is 14.7 Å². The zero-order valence-electron chi connectivity index (χ0n) is 10.8. The second-order valence-electron chi connectivity index (χ2n) is 4.20. The predicted molar refractivity (Wildman–Crippen MR) is 74.1 cm³/mol. The molecule has 2 aromatic rings. The molecule has 0 aliphatic rings. The van der Waals surface area contributed by atoms with Crippen molar-refractivity contribution in [2.45, 2.75) is 13.3 Å². The highest BCUT2D eigenvalue weighted by Crippen LogP contribution is 2.09. The first-order valence-corrected chi connectivity index (χ1v) is 6.74. The lowest BCUT2D eigenvalue weighted by molar-refractivity contribution is 0.0696. The van der Waals surface area contributed by atoms with Gasteiger partial charge in [0.2, 0.25) is 0 Å². The molecule has 0 fully saturated rings. The molecule has 6 nitrogen and oxygen atoms in total. The monoisotopic (exact) mass is 291 g/mol. The molecule has 0 saturated carbocycles. The molecule has 7 heteroatoms. The molecular formula is C13H13N3O3S. The van der Waals surface area contributed by atoms with E-state index in [1.807, 2.05) is 6.07 Å². The molecule has 1 amide bonds. The zero-order chi connectivity index (χ0) is 14.5. The molecule has 1 heterocycles. The molecule has 0 unspecified atom stereocenters. The molecule has 0 radical (unpaired) electrons. The minimum absolute atomic E-state index is 0.202. The highest BCUT2D eigenvalue weighted by Gasteiger charge is 2.12. The van der Waals surface area contributed by atoms with E-state index in [1.54, 1.807) is 19.1 Å². The highest BCUT2D eigenvalue weighted by molar-refractivity contribution is 7.07. The maximum atomic E-state index is 11.8. The van der Waals surface area contributed by atoms with E-state index in [0.29, 0.717) is 23.5 Å². The van der Waals surface area contributed by atoms with Crippen LogP contribution < -0.4 is 5.32 Å². The van der Waals surface area contributed by atoms with Crippen LogP contribution in [0.3, 0.4) is 0 Å². The topological polar surface area (TPSA) is 92.2 Å². The first-order chi connectivity index (χ1) is 9.58. The number of rotatable bonds is 5. The maximum Gasteiger partial charge on any atom is 0.335 e. The molecule has 0 aliphatic carbocycles. The largest absolute Gasteiger partial charge is 0.478 e. The number of hydrogen-bond acceptors (Lipinski definition) is 5. The lowest BCUT2D eigenvalue weighted by Gasteiger charge is -2.05. The number of hydrogen-bond donors (Lipinski definition) is 2. The Labute approximate surface area is 119 Å².